The van der Waals surface area contributed by atoms with Crippen LogP contribution in [0, 0.1) is 18.6 Å². The number of fused-ring (bicyclic) bond motifs is 1. The first-order valence-corrected chi connectivity index (χ1v) is 8.98. The quantitative estimate of drug-likeness (QED) is 0.561. The monoisotopic (exact) mass is 401 g/mol. The molecule has 0 saturated heterocycles. The van der Waals surface area contributed by atoms with Crippen LogP contribution < -0.4 is 11.1 Å². The van der Waals surface area contributed by atoms with Gasteiger partial charge in [0.05, 0.1) is 11.7 Å². The lowest BCUT2D eigenvalue weighted by atomic mass is 10.1. The number of aromatic nitrogens is 2. The van der Waals surface area contributed by atoms with E-state index >= 15 is 0 Å². The highest BCUT2D eigenvalue weighted by molar-refractivity contribution is 7.17. The Hall–Kier alpha value is -3.33. The maximum atomic E-state index is 13.7. The number of benzene rings is 2. The van der Waals surface area contributed by atoms with Crippen molar-refractivity contribution >= 4 is 34.0 Å². The maximum Gasteiger partial charge on any atom is 0.419 e. The number of oxazole rings is 1. The summed E-state index contributed by atoms with van der Waals surface area (Å²) in [6.07, 6.45) is 1.34. The van der Waals surface area contributed by atoms with Crippen molar-refractivity contribution in [2.24, 2.45) is 7.05 Å². The largest absolute Gasteiger partial charge is 0.419 e. The molecular weight excluding hydrogens is 388 g/mol. The summed E-state index contributed by atoms with van der Waals surface area (Å²) in [7, 11) is 1.59. The van der Waals surface area contributed by atoms with E-state index in [1.54, 1.807) is 19.2 Å². The fourth-order valence-electron chi connectivity index (χ4n) is 2.80. The minimum absolute atomic E-state index is 0.193. The van der Waals surface area contributed by atoms with E-state index in [0.29, 0.717) is 16.1 Å². The van der Waals surface area contributed by atoms with E-state index in [9.17, 15) is 18.4 Å². The fourth-order valence-corrected chi connectivity index (χ4v) is 3.69. The van der Waals surface area contributed by atoms with Crippen molar-refractivity contribution in [2.75, 3.05) is 5.32 Å². The normalized spacial score (nSPS) is 11.1. The van der Waals surface area contributed by atoms with Crippen LogP contribution in [0.1, 0.15) is 15.2 Å². The summed E-state index contributed by atoms with van der Waals surface area (Å²) in [6, 6.07) is 6.82. The summed E-state index contributed by atoms with van der Waals surface area (Å²) in [6.45, 7) is 1.83. The summed E-state index contributed by atoms with van der Waals surface area (Å²) in [4.78, 5) is 28.5. The molecule has 2 aromatic heterocycles. The third kappa shape index (κ3) is 2.99. The number of carbonyl (C=O) groups is 1. The van der Waals surface area contributed by atoms with Crippen LogP contribution >= 0.6 is 11.3 Å². The summed E-state index contributed by atoms with van der Waals surface area (Å²) in [5.74, 6) is -2.86. The van der Waals surface area contributed by atoms with Gasteiger partial charge in [0, 0.05) is 12.6 Å². The Balaban J connectivity index is 1.69. The van der Waals surface area contributed by atoms with Crippen LogP contribution in [0.5, 0.6) is 0 Å². The Morgan fingerprint density at radius 3 is 2.68 bits per heavy atom. The zero-order valence-corrected chi connectivity index (χ0v) is 15.6. The van der Waals surface area contributed by atoms with Crippen LogP contribution in [0.4, 0.5) is 14.5 Å². The lowest BCUT2D eigenvalue weighted by Gasteiger charge is -2.05. The smallest absolute Gasteiger partial charge is 0.408 e. The van der Waals surface area contributed by atoms with Crippen molar-refractivity contribution in [1.29, 1.82) is 0 Å². The van der Waals surface area contributed by atoms with Crippen LogP contribution in [0.3, 0.4) is 0 Å². The van der Waals surface area contributed by atoms with Gasteiger partial charge in [-0.05, 0) is 36.8 Å². The Kier molecular flexibility index (Phi) is 4.31. The van der Waals surface area contributed by atoms with Crippen LogP contribution in [0.25, 0.3) is 21.7 Å². The average Bonchev–Trinajstić information content (AvgIpc) is 3.23. The molecular formula is C19H13F2N3O3S. The van der Waals surface area contributed by atoms with Gasteiger partial charge in [0.1, 0.15) is 27.2 Å². The van der Waals surface area contributed by atoms with Crippen molar-refractivity contribution in [3.05, 3.63) is 69.2 Å². The number of carbonyl (C=O) groups excluding carboxylic acids is 1. The zero-order chi connectivity index (χ0) is 20.0. The molecule has 2 heterocycles. The fraction of sp³-hybridized carbons (Fsp3) is 0.105. The van der Waals surface area contributed by atoms with Crippen molar-refractivity contribution < 1.29 is 18.0 Å². The number of nitrogens with zero attached hydrogens (tertiary/aromatic N) is 2. The average molecular weight is 401 g/mol. The predicted molar refractivity (Wildman–Crippen MR) is 102 cm³/mol. The van der Waals surface area contributed by atoms with E-state index in [-0.39, 0.29) is 4.88 Å². The van der Waals surface area contributed by atoms with E-state index < -0.39 is 29.0 Å². The number of thiazole rings is 1. The number of hydrogen-bond acceptors (Lipinski definition) is 5. The molecule has 28 heavy (non-hydrogen) atoms. The number of para-hydroxylation sites is 1. The van der Waals surface area contributed by atoms with Gasteiger partial charge in [-0.25, -0.2) is 18.6 Å². The molecule has 0 bridgehead atoms. The molecule has 2 aromatic carbocycles. The second kappa shape index (κ2) is 6.68. The van der Waals surface area contributed by atoms with Gasteiger partial charge >= 0.3 is 5.76 Å². The lowest BCUT2D eigenvalue weighted by molar-refractivity contribution is 0.102. The molecule has 0 atom stereocenters. The molecule has 0 saturated carbocycles. The van der Waals surface area contributed by atoms with Crippen LogP contribution in [-0.4, -0.2) is 15.5 Å². The lowest BCUT2D eigenvalue weighted by Crippen LogP contribution is -2.12. The van der Waals surface area contributed by atoms with Gasteiger partial charge in [-0.2, -0.15) is 0 Å². The number of halogens is 2. The molecule has 142 valence electrons. The van der Waals surface area contributed by atoms with Gasteiger partial charge in [0.15, 0.2) is 5.58 Å². The number of rotatable bonds is 3. The van der Waals surface area contributed by atoms with E-state index in [4.69, 9.17) is 4.42 Å². The minimum atomic E-state index is -0.861. The van der Waals surface area contributed by atoms with Crippen LogP contribution in [-0.2, 0) is 7.05 Å². The molecule has 0 aliphatic heterocycles. The first-order chi connectivity index (χ1) is 13.3. The standard InChI is InChI=1S/C19H13F2N3O3S/c1-9-6-14-13(24(2)19(26)27-14)7-10(9)18-22-8-15(28-18)17(25)23-16-11(20)4-3-5-12(16)21/h3-8H,1-2H3,(H,23,25). The second-order valence-electron chi connectivity index (χ2n) is 6.14. The number of anilines is 1. The number of amides is 1. The van der Waals surface area contributed by atoms with Crippen molar-refractivity contribution in [3.8, 4) is 10.6 Å². The van der Waals surface area contributed by atoms with Crippen LogP contribution in [0.2, 0.25) is 0 Å². The molecule has 0 unspecified atom stereocenters. The Morgan fingerprint density at radius 2 is 1.96 bits per heavy atom. The van der Waals surface area contributed by atoms with E-state index in [1.165, 1.54) is 16.8 Å². The Labute approximate surface area is 161 Å². The maximum absolute atomic E-state index is 13.7. The van der Waals surface area contributed by atoms with Crippen molar-refractivity contribution in [1.82, 2.24) is 9.55 Å². The molecule has 9 heteroatoms. The number of aryl methyl sites for hydroxylation is 2. The molecule has 0 aliphatic carbocycles. The van der Waals surface area contributed by atoms with Gasteiger partial charge in [-0.3, -0.25) is 9.36 Å². The summed E-state index contributed by atoms with van der Waals surface area (Å²) in [5.41, 5.74) is 2.08. The summed E-state index contributed by atoms with van der Waals surface area (Å²) in [5, 5.41) is 2.77. The van der Waals surface area contributed by atoms with Crippen LogP contribution in [0.15, 0.2) is 45.7 Å². The first kappa shape index (κ1) is 18.1. The third-order valence-electron chi connectivity index (χ3n) is 4.30. The molecule has 0 fully saturated rings. The van der Waals surface area contributed by atoms with Gasteiger partial charge in [-0.1, -0.05) is 6.07 Å². The Bertz CT molecular complexity index is 1270. The predicted octanol–water partition coefficient (Wildman–Crippen LogP) is 4.09. The highest BCUT2D eigenvalue weighted by Gasteiger charge is 2.18. The highest BCUT2D eigenvalue weighted by atomic mass is 32.1. The molecule has 0 spiro atoms. The third-order valence-corrected chi connectivity index (χ3v) is 5.33. The molecule has 0 aliphatic rings. The summed E-state index contributed by atoms with van der Waals surface area (Å²) >= 11 is 1.07. The molecule has 6 nitrogen and oxygen atoms in total. The topological polar surface area (TPSA) is 77.1 Å². The number of hydrogen-bond donors (Lipinski definition) is 1. The molecule has 1 N–H and O–H groups in total. The van der Waals surface area contributed by atoms with Gasteiger partial charge in [0.25, 0.3) is 5.91 Å². The summed E-state index contributed by atoms with van der Waals surface area (Å²) < 4.78 is 34.0. The van der Waals surface area contributed by atoms with E-state index in [2.05, 4.69) is 10.3 Å². The molecule has 4 aromatic rings. The molecule has 1 amide bonds. The van der Waals surface area contributed by atoms with E-state index in [0.717, 1.165) is 34.6 Å². The molecule has 0 radical (unpaired) electrons. The second-order valence-corrected chi connectivity index (χ2v) is 7.17. The molecule has 4 rings (SSSR count). The highest BCUT2D eigenvalue weighted by Crippen LogP contribution is 2.31. The van der Waals surface area contributed by atoms with E-state index in [1.807, 2.05) is 6.92 Å². The Morgan fingerprint density at radius 1 is 1.25 bits per heavy atom. The van der Waals surface area contributed by atoms with Gasteiger partial charge < -0.3 is 9.73 Å². The van der Waals surface area contributed by atoms with Gasteiger partial charge in [-0.15, -0.1) is 11.3 Å². The van der Waals surface area contributed by atoms with Crippen molar-refractivity contribution in [3.63, 3.8) is 0 Å². The first-order valence-electron chi connectivity index (χ1n) is 8.17. The minimum Gasteiger partial charge on any atom is -0.408 e. The SMILES string of the molecule is Cc1cc2oc(=O)n(C)c2cc1-c1ncc(C(=O)Nc2c(F)cccc2F)s1. The zero-order valence-electron chi connectivity index (χ0n) is 14.7. The van der Waals surface area contributed by atoms with Crippen molar-refractivity contribution in [2.45, 2.75) is 6.92 Å². The van der Waals surface area contributed by atoms with Gasteiger partial charge in [0.2, 0.25) is 0 Å². The number of nitrogens with one attached hydrogen (secondary N) is 1.